The molecule has 1 aliphatic carbocycles. The van der Waals surface area contributed by atoms with E-state index in [1.54, 1.807) is 0 Å². The first kappa shape index (κ1) is 12.0. The van der Waals surface area contributed by atoms with E-state index < -0.39 is 0 Å². The summed E-state index contributed by atoms with van der Waals surface area (Å²) in [5.41, 5.74) is 0.757. The van der Waals surface area contributed by atoms with Crippen LogP contribution in [0.3, 0.4) is 0 Å². The number of hydrogen-bond acceptors (Lipinski definition) is 2. The zero-order chi connectivity index (χ0) is 11.7. The van der Waals surface area contributed by atoms with Crippen LogP contribution in [0.15, 0.2) is 0 Å². The van der Waals surface area contributed by atoms with E-state index >= 15 is 0 Å². The minimum absolute atomic E-state index is 0.757. The number of nitrogens with zero attached hydrogens (tertiary/aromatic N) is 2. The molecule has 0 atom stereocenters. The third-order valence-electron chi connectivity index (χ3n) is 5.34. The van der Waals surface area contributed by atoms with Gasteiger partial charge in [-0.25, -0.2) is 0 Å². The molecule has 1 saturated carbocycles. The van der Waals surface area contributed by atoms with E-state index in [-0.39, 0.29) is 0 Å². The Hall–Kier alpha value is -0.0800. The lowest BCUT2D eigenvalue weighted by Gasteiger charge is -2.52. The zero-order valence-electron chi connectivity index (χ0n) is 11.5. The maximum Gasteiger partial charge on any atom is 0.00474 e. The second-order valence-electron chi connectivity index (χ2n) is 6.98. The average molecular weight is 236 g/mol. The quantitative estimate of drug-likeness (QED) is 0.727. The summed E-state index contributed by atoms with van der Waals surface area (Å²) in [5, 5.41) is 0. The molecule has 2 nitrogen and oxygen atoms in total. The highest BCUT2D eigenvalue weighted by Crippen LogP contribution is 2.45. The Labute approximate surface area is 106 Å². The molecule has 3 aliphatic rings. The van der Waals surface area contributed by atoms with Crippen molar-refractivity contribution in [2.75, 3.05) is 39.8 Å². The Morgan fingerprint density at radius 1 is 1.00 bits per heavy atom. The van der Waals surface area contributed by atoms with Crippen molar-refractivity contribution >= 4 is 0 Å². The standard InChI is InChI=1S/C15H28N2/c1-16-12-15(13-16)7-5-14(6-8-15)11-17-9-3-2-4-10-17/h14H,2-13H2,1H3. The molecule has 3 fully saturated rings. The maximum atomic E-state index is 2.74. The van der Waals surface area contributed by atoms with E-state index in [1.807, 2.05) is 0 Å². The van der Waals surface area contributed by atoms with Crippen molar-refractivity contribution in [3.63, 3.8) is 0 Å². The van der Waals surface area contributed by atoms with Gasteiger partial charge in [0.1, 0.15) is 0 Å². The van der Waals surface area contributed by atoms with E-state index in [1.165, 1.54) is 77.7 Å². The molecule has 0 aromatic rings. The lowest BCUT2D eigenvalue weighted by molar-refractivity contribution is -0.0252. The van der Waals surface area contributed by atoms with Crippen LogP contribution in [-0.4, -0.2) is 49.6 Å². The molecule has 2 heterocycles. The van der Waals surface area contributed by atoms with Crippen LogP contribution < -0.4 is 0 Å². The van der Waals surface area contributed by atoms with Crippen LogP contribution in [0.5, 0.6) is 0 Å². The molecule has 3 rings (SSSR count). The Bertz CT molecular complexity index is 242. The molecule has 17 heavy (non-hydrogen) atoms. The van der Waals surface area contributed by atoms with Crippen LogP contribution in [-0.2, 0) is 0 Å². The molecule has 98 valence electrons. The fraction of sp³-hybridized carbons (Fsp3) is 1.00. The predicted octanol–water partition coefficient (Wildman–Crippen LogP) is 2.59. The molecule has 0 radical (unpaired) electrons. The van der Waals surface area contributed by atoms with Crippen molar-refractivity contribution in [3.8, 4) is 0 Å². The number of hydrogen-bond donors (Lipinski definition) is 0. The summed E-state index contributed by atoms with van der Waals surface area (Å²) in [6.45, 7) is 6.92. The van der Waals surface area contributed by atoms with E-state index in [4.69, 9.17) is 0 Å². The van der Waals surface area contributed by atoms with E-state index in [0.29, 0.717) is 0 Å². The summed E-state index contributed by atoms with van der Waals surface area (Å²) < 4.78 is 0. The first-order valence-electron chi connectivity index (χ1n) is 7.67. The van der Waals surface area contributed by atoms with Crippen molar-refractivity contribution in [1.29, 1.82) is 0 Å². The maximum absolute atomic E-state index is 2.74. The van der Waals surface area contributed by atoms with Crippen LogP contribution in [0.4, 0.5) is 0 Å². The van der Waals surface area contributed by atoms with Crippen molar-refractivity contribution in [3.05, 3.63) is 0 Å². The van der Waals surface area contributed by atoms with Crippen LogP contribution in [0.2, 0.25) is 0 Å². The topological polar surface area (TPSA) is 6.48 Å². The SMILES string of the molecule is CN1CC2(CCC(CN3CCCCC3)CC2)C1. The predicted molar refractivity (Wildman–Crippen MR) is 72.2 cm³/mol. The summed E-state index contributed by atoms with van der Waals surface area (Å²) in [4.78, 5) is 5.23. The normalized spacial score (nSPS) is 31.6. The van der Waals surface area contributed by atoms with Crippen LogP contribution in [0.25, 0.3) is 0 Å². The number of rotatable bonds is 2. The van der Waals surface area contributed by atoms with Gasteiger partial charge in [-0.3, -0.25) is 0 Å². The van der Waals surface area contributed by atoms with E-state index in [9.17, 15) is 0 Å². The Morgan fingerprint density at radius 3 is 2.24 bits per heavy atom. The summed E-state index contributed by atoms with van der Waals surface area (Å²) >= 11 is 0. The highest BCUT2D eigenvalue weighted by atomic mass is 15.2. The monoisotopic (exact) mass is 236 g/mol. The average Bonchev–Trinajstić information content (AvgIpc) is 2.32. The minimum Gasteiger partial charge on any atom is -0.305 e. The van der Waals surface area contributed by atoms with Gasteiger partial charge < -0.3 is 9.80 Å². The smallest absolute Gasteiger partial charge is 0.00474 e. The van der Waals surface area contributed by atoms with Gasteiger partial charge in [-0.15, -0.1) is 0 Å². The van der Waals surface area contributed by atoms with Gasteiger partial charge in [0.25, 0.3) is 0 Å². The summed E-state index contributed by atoms with van der Waals surface area (Å²) in [7, 11) is 2.27. The molecule has 2 aliphatic heterocycles. The summed E-state index contributed by atoms with van der Waals surface area (Å²) in [5.74, 6) is 1.02. The fourth-order valence-corrected chi connectivity index (χ4v) is 4.39. The van der Waals surface area contributed by atoms with Crippen molar-refractivity contribution in [1.82, 2.24) is 9.80 Å². The van der Waals surface area contributed by atoms with Crippen LogP contribution in [0.1, 0.15) is 44.9 Å². The molecule has 2 saturated heterocycles. The number of likely N-dealkylation sites (tertiary alicyclic amines) is 2. The van der Waals surface area contributed by atoms with Gasteiger partial charge in [-0.1, -0.05) is 6.42 Å². The zero-order valence-corrected chi connectivity index (χ0v) is 11.5. The van der Waals surface area contributed by atoms with Gasteiger partial charge in [0.15, 0.2) is 0 Å². The van der Waals surface area contributed by atoms with Crippen molar-refractivity contribution < 1.29 is 0 Å². The molecule has 0 N–H and O–H groups in total. The largest absolute Gasteiger partial charge is 0.305 e. The second-order valence-corrected chi connectivity index (χ2v) is 6.98. The van der Waals surface area contributed by atoms with Crippen molar-refractivity contribution in [2.24, 2.45) is 11.3 Å². The summed E-state index contributed by atoms with van der Waals surface area (Å²) in [6.07, 6.45) is 10.4. The molecule has 0 bridgehead atoms. The van der Waals surface area contributed by atoms with Gasteiger partial charge in [0.05, 0.1) is 0 Å². The highest BCUT2D eigenvalue weighted by molar-refractivity contribution is 4.96. The third-order valence-corrected chi connectivity index (χ3v) is 5.34. The number of piperidine rings is 1. The molecule has 0 amide bonds. The summed E-state index contributed by atoms with van der Waals surface area (Å²) in [6, 6.07) is 0. The Balaban J connectivity index is 1.42. The molecule has 0 unspecified atom stereocenters. The second kappa shape index (κ2) is 4.89. The van der Waals surface area contributed by atoms with Crippen LogP contribution >= 0.6 is 0 Å². The third kappa shape index (κ3) is 2.68. The first-order chi connectivity index (χ1) is 8.26. The van der Waals surface area contributed by atoms with Crippen LogP contribution in [0, 0.1) is 11.3 Å². The molecular weight excluding hydrogens is 208 g/mol. The van der Waals surface area contributed by atoms with Gasteiger partial charge in [-0.2, -0.15) is 0 Å². The van der Waals surface area contributed by atoms with Crippen molar-refractivity contribution in [2.45, 2.75) is 44.9 Å². The van der Waals surface area contributed by atoms with E-state index in [2.05, 4.69) is 16.8 Å². The molecular formula is C15H28N2. The first-order valence-corrected chi connectivity index (χ1v) is 7.67. The molecule has 1 spiro atoms. The van der Waals surface area contributed by atoms with Gasteiger partial charge in [0.2, 0.25) is 0 Å². The van der Waals surface area contributed by atoms with Gasteiger partial charge in [-0.05, 0) is 70.0 Å². The minimum atomic E-state index is 0.757. The molecule has 2 heteroatoms. The fourth-order valence-electron chi connectivity index (χ4n) is 4.39. The highest BCUT2D eigenvalue weighted by Gasteiger charge is 2.43. The molecule has 0 aromatic carbocycles. The van der Waals surface area contributed by atoms with E-state index in [0.717, 1.165) is 11.3 Å². The Morgan fingerprint density at radius 2 is 1.65 bits per heavy atom. The lowest BCUT2D eigenvalue weighted by atomic mass is 9.66. The van der Waals surface area contributed by atoms with Gasteiger partial charge in [0, 0.05) is 19.6 Å². The Kier molecular flexibility index (Phi) is 3.45. The lowest BCUT2D eigenvalue weighted by Crippen LogP contribution is -2.56. The van der Waals surface area contributed by atoms with Gasteiger partial charge >= 0.3 is 0 Å². The molecule has 0 aromatic heterocycles.